The number of hydrogen-bond donors (Lipinski definition) is 1. The summed E-state index contributed by atoms with van der Waals surface area (Å²) in [5.74, 6) is 5.90. The SMILES string of the molecule is C[C@]12CC[C@@H](C3CCCC3)C[C@@H]1CC[C@@H]1[C@@H]2CC[C@]2(C)[C@@H](O)CC[C@@H]12. The lowest BCUT2D eigenvalue weighted by molar-refractivity contribution is -0.129. The first-order chi connectivity index (χ1) is 12.0. The van der Waals surface area contributed by atoms with Gasteiger partial charge < -0.3 is 5.11 Å². The van der Waals surface area contributed by atoms with Crippen molar-refractivity contribution in [2.24, 2.45) is 46.3 Å². The van der Waals surface area contributed by atoms with Crippen LogP contribution in [0.15, 0.2) is 0 Å². The minimum atomic E-state index is -0.0120. The van der Waals surface area contributed by atoms with Crippen LogP contribution in [-0.2, 0) is 0 Å². The maximum atomic E-state index is 10.6. The number of rotatable bonds is 1. The normalized spacial score (nSPS) is 56.3. The van der Waals surface area contributed by atoms with E-state index in [1.807, 2.05) is 0 Å². The molecular weight excluding hydrogens is 304 g/mol. The summed E-state index contributed by atoms with van der Waals surface area (Å²) in [6.07, 6.45) is 18.8. The predicted molar refractivity (Wildman–Crippen MR) is 103 cm³/mol. The molecule has 5 aliphatic rings. The highest BCUT2D eigenvalue weighted by Gasteiger charge is 2.60. The third-order valence-corrected chi connectivity index (χ3v) is 10.7. The van der Waals surface area contributed by atoms with Gasteiger partial charge in [-0.15, -0.1) is 0 Å². The van der Waals surface area contributed by atoms with E-state index in [9.17, 15) is 5.11 Å². The average Bonchev–Trinajstić information content (AvgIpc) is 3.23. The first-order valence-electron chi connectivity index (χ1n) is 11.7. The van der Waals surface area contributed by atoms with Crippen molar-refractivity contribution in [2.75, 3.05) is 0 Å². The van der Waals surface area contributed by atoms with Gasteiger partial charge in [-0.25, -0.2) is 0 Å². The minimum Gasteiger partial charge on any atom is -0.393 e. The van der Waals surface area contributed by atoms with Crippen LogP contribution in [0, 0.1) is 46.3 Å². The Morgan fingerprint density at radius 1 is 0.680 bits per heavy atom. The molecular formula is C24H40O. The van der Waals surface area contributed by atoms with Crippen LogP contribution in [0.25, 0.3) is 0 Å². The zero-order valence-corrected chi connectivity index (χ0v) is 16.7. The molecule has 5 fully saturated rings. The molecule has 1 nitrogen and oxygen atoms in total. The van der Waals surface area contributed by atoms with Crippen molar-refractivity contribution in [1.29, 1.82) is 0 Å². The first kappa shape index (κ1) is 17.1. The van der Waals surface area contributed by atoms with Gasteiger partial charge in [0.05, 0.1) is 6.10 Å². The molecule has 5 rings (SSSR count). The molecule has 0 aromatic carbocycles. The maximum absolute atomic E-state index is 10.6. The zero-order valence-electron chi connectivity index (χ0n) is 16.7. The summed E-state index contributed by atoms with van der Waals surface area (Å²) in [6, 6.07) is 0. The van der Waals surface area contributed by atoms with Crippen molar-refractivity contribution < 1.29 is 5.11 Å². The fourth-order valence-corrected chi connectivity index (χ4v) is 9.12. The molecule has 0 bridgehead atoms. The Bertz CT molecular complexity index is 508. The van der Waals surface area contributed by atoms with Gasteiger partial charge in [-0.05, 0) is 104 Å². The van der Waals surface area contributed by atoms with Gasteiger partial charge in [-0.2, -0.15) is 0 Å². The summed E-state index contributed by atoms with van der Waals surface area (Å²) >= 11 is 0. The van der Waals surface area contributed by atoms with Crippen molar-refractivity contribution >= 4 is 0 Å². The summed E-state index contributed by atoms with van der Waals surface area (Å²) in [7, 11) is 0. The molecule has 0 spiro atoms. The van der Waals surface area contributed by atoms with Gasteiger partial charge >= 0.3 is 0 Å². The summed E-state index contributed by atoms with van der Waals surface area (Å²) in [6.45, 7) is 5.13. The molecule has 0 aliphatic heterocycles. The summed E-state index contributed by atoms with van der Waals surface area (Å²) in [5, 5.41) is 10.6. The third-order valence-electron chi connectivity index (χ3n) is 10.7. The van der Waals surface area contributed by atoms with Gasteiger partial charge in [0.15, 0.2) is 0 Å². The second-order valence-electron chi connectivity index (χ2n) is 11.4. The van der Waals surface area contributed by atoms with Crippen molar-refractivity contribution in [3.05, 3.63) is 0 Å². The lowest BCUT2D eigenvalue weighted by Gasteiger charge is -2.61. The Morgan fingerprint density at radius 3 is 2.20 bits per heavy atom. The van der Waals surface area contributed by atoms with Gasteiger partial charge in [-0.3, -0.25) is 0 Å². The van der Waals surface area contributed by atoms with Crippen molar-refractivity contribution in [2.45, 2.75) is 103 Å². The fourth-order valence-electron chi connectivity index (χ4n) is 9.12. The average molecular weight is 345 g/mol. The van der Waals surface area contributed by atoms with E-state index in [1.165, 1.54) is 57.8 Å². The Morgan fingerprint density at radius 2 is 1.40 bits per heavy atom. The molecule has 0 heterocycles. The number of aliphatic hydroxyl groups is 1. The molecule has 0 aromatic rings. The molecule has 1 N–H and O–H groups in total. The minimum absolute atomic E-state index is 0.0120. The Balaban J connectivity index is 1.35. The second kappa shape index (κ2) is 5.98. The van der Waals surface area contributed by atoms with E-state index >= 15 is 0 Å². The molecule has 1 heteroatoms. The fraction of sp³-hybridized carbons (Fsp3) is 1.00. The highest BCUT2D eigenvalue weighted by atomic mass is 16.3. The molecule has 25 heavy (non-hydrogen) atoms. The summed E-state index contributed by atoms with van der Waals surface area (Å²) < 4.78 is 0. The standard InChI is InChI=1S/C24H40O/c1-23-13-11-17(16-5-3-4-6-16)15-18(23)7-8-19-20-9-10-22(25)24(20,2)14-12-21(19)23/h16-22,25H,3-15H2,1-2H3/t17-,18+,19+,20+,21+,22+,23+,24+/m1/s1. The van der Waals surface area contributed by atoms with Crippen LogP contribution in [0.1, 0.15) is 97.3 Å². The molecule has 0 radical (unpaired) electrons. The van der Waals surface area contributed by atoms with Crippen molar-refractivity contribution in [3.63, 3.8) is 0 Å². The van der Waals surface area contributed by atoms with E-state index in [0.717, 1.165) is 41.9 Å². The number of hydrogen-bond acceptors (Lipinski definition) is 1. The second-order valence-corrected chi connectivity index (χ2v) is 11.4. The van der Waals surface area contributed by atoms with Crippen LogP contribution in [0.5, 0.6) is 0 Å². The molecule has 5 saturated carbocycles. The summed E-state index contributed by atoms with van der Waals surface area (Å²) in [4.78, 5) is 0. The Hall–Kier alpha value is -0.0400. The quantitative estimate of drug-likeness (QED) is 0.600. The molecule has 0 unspecified atom stereocenters. The maximum Gasteiger partial charge on any atom is 0.0596 e. The monoisotopic (exact) mass is 344 g/mol. The zero-order chi connectivity index (χ0) is 17.2. The van der Waals surface area contributed by atoms with E-state index in [1.54, 1.807) is 19.3 Å². The van der Waals surface area contributed by atoms with Gasteiger partial charge in [-0.1, -0.05) is 39.5 Å². The third kappa shape index (κ3) is 2.43. The van der Waals surface area contributed by atoms with Gasteiger partial charge in [0, 0.05) is 0 Å². The lowest BCUT2D eigenvalue weighted by Crippen LogP contribution is -2.54. The largest absolute Gasteiger partial charge is 0.393 e. The van der Waals surface area contributed by atoms with Crippen LogP contribution >= 0.6 is 0 Å². The van der Waals surface area contributed by atoms with E-state index in [-0.39, 0.29) is 11.5 Å². The molecule has 0 saturated heterocycles. The van der Waals surface area contributed by atoms with Crippen LogP contribution in [0.4, 0.5) is 0 Å². The predicted octanol–water partition coefficient (Wildman–Crippen LogP) is 6.20. The molecule has 142 valence electrons. The topological polar surface area (TPSA) is 20.2 Å². The molecule has 0 aromatic heterocycles. The van der Waals surface area contributed by atoms with Crippen molar-refractivity contribution in [1.82, 2.24) is 0 Å². The highest BCUT2D eigenvalue weighted by Crippen LogP contribution is 2.67. The smallest absolute Gasteiger partial charge is 0.0596 e. The van der Waals surface area contributed by atoms with Crippen LogP contribution < -0.4 is 0 Å². The number of aliphatic hydroxyl groups excluding tert-OH is 1. The highest BCUT2D eigenvalue weighted by molar-refractivity contribution is 5.09. The van der Waals surface area contributed by atoms with Crippen LogP contribution in [0.2, 0.25) is 0 Å². The molecule has 8 atom stereocenters. The van der Waals surface area contributed by atoms with Crippen molar-refractivity contribution in [3.8, 4) is 0 Å². The van der Waals surface area contributed by atoms with E-state index in [2.05, 4.69) is 13.8 Å². The van der Waals surface area contributed by atoms with Gasteiger partial charge in [0.1, 0.15) is 0 Å². The Labute approximate surface area is 155 Å². The van der Waals surface area contributed by atoms with Gasteiger partial charge in [0.2, 0.25) is 0 Å². The summed E-state index contributed by atoms with van der Waals surface area (Å²) in [5.41, 5.74) is 0.887. The van der Waals surface area contributed by atoms with Crippen LogP contribution in [0.3, 0.4) is 0 Å². The molecule has 5 aliphatic carbocycles. The lowest BCUT2D eigenvalue weighted by atomic mass is 9.44. The van der Waals surface area contributed by atoms with E-state index in [0.29, 0.717) is 5.41 Å². The van der Waals surface area contributed by atoms with Crippen LogP contribution in [-0.4, -0.2) is 11.2 Å². The number of fused-ring (bicyclic) bond motifs is 5. The molecule has 0 amide bonds. The Kier molecular flexibility index (Phi) is 4.09. The van der Waals surface area contributed by atoms with E-state index in [4.69, 9.17) is 0 Å². The first-order valence-corrected chi connectivity index (χ1v) is 11.7. The van der Waals surface area contributed by atoms with Gasteiger partial charge in [0.25, 0.3) is 0 Å². The van der Waals surface area contributed by atoms with E-state index < -0.39 is 0 Å².